The van der Waals surface area contributed by atoms with E-state index in [0.29, 0.717) is 5.92 Å². The lowest BCUT2D eigenvalue weighted by Crippen LogP contribution is -2.24. The lowest BCUT2D eigenvalue weighted by Gasteiger charge is -2.24. The molecule has 0 aromatic heterocycles. The molecule has 0 aliphatic carbocycles. The van der Waals surface area contributed by atoms with Crippen molar-refractivity contribution in [3.05, 3.63) is 35.4 Å². The number of rotatable bonds is 5. The molecule has 2 atom stereocenters. The maximum Gasteiger partial charge on any atom is 0.157 e. The minimum atomic E-state index is 0.0144. The first-order valence-corrected chi connectivity index (χ1v) is 7.79. The van der Waals surface area contributed by atoms with Crippen LogP contribution in [0.2, 0.25) is 0 Å². The van der Waals surface area contributed by atoms with Gasteiger partial charge in [0, 0.05) is 17.9 Å². The van der Waals surface area contributed by atoms with Gasteiger partial charge in [0.2, 0.25) is 0 Å². The van der Waals surface area contributed by atoms with Gasteiger partial charge in [-0.3, -0.25) is 0 Å². The van der Waals surface area contributed by atoms with Gasteiger partial charge in [-0.1, -0.05) is 47.1 Å². The van der Waals surface area contributed by atoms with Gasteiger partial charge in [-0.2, -0.15) is 0 Å². The Kier molecular flexibility index (Phi) is 5.67. The van der Waals surface area contributed by atoms with E-state index in [4.69, 9.17) is 9.47 Å². The van der Waals surface area contributed by atoms with E-state index in [1.54, 1.807) is 0 Å². The van der Waals surface area contributed by atoms with Gasteiger partial charge in [0.1, 0.15) is 0 Å². The zero-order valence-electron chi connectivity index (χ0n) is 10.9. The zero-order valence-corrected chi connectivity index (χ0v) is 12.5. The van der Waals surface area contributed by atoms with E-state index in [1.165, 1.54) is 24.0 Å². The first kappa shape index (κ1) is 14.0. The Morgan fingerprint density at radius 1 is 1.44 bits per heavy atom. The largest absolute Gasteiger partial charge is 0.353 e. The topological polar surface area (TPSA) is 18.5 Å². The van der Waals surface area contributed by atoms with E-state index < -0.39 is 0 Å². The standard InChI is InChI=1S/C15H21BrO2/c1-12(11-18-15-7-2-3-8-17-15)14-6-4-5-13(9-14)10-16/h4-6,9,12,15H,2-3,7-8,10-11H2,1H3. The van der Waals surface area contributed by atoms with Gasteiger partial charge in [0.25, 0.3) is 0 Å². The molecule has 1 saturated heterocycles. The van der Waals surface area contributed by atoms with E-state index in [2.05, 4.69) is 47.1 Å². The number of benzene rings is 1. The molecule has 100 valence electrons. The Labute approximate surface area is 118 Å². The molecule has 1 aromatic rings. The Morgan fingerprint density at radius 2 is 2.33 bits per heavy atom. The SMILES string of the molecule is CC(COC1CCCCO1)c1cccc(CBr)c1. The molecule has 1 aliphatic heterocycles. The van der Waals surface area contributed by atoms with Crippen molar-refractivity contribution < 1.29 is 9.47 Å². The highest BCUT2D eigenvalue weighted by Gasteiger charge is 2.16. The van der Waals surface area contributed by atoms with Crippen molar-refractivity contribution in [2.24, 2.45) is 0 Å². The number of ether oxygens (including phenoxy) is 2. The van der Waals surface area contributed by atoms with Gasteiger partial charge >= 0.3 is 0 Å². The van der Waals surface area contributed by atoms with Crippen molar-refractivity contribution >= 4 is 15.9 Å². The van der Waals surface area contributed by atoms with E-state index in [-0.39, 0.29) is 6.29 Å². The first-order chi connectivity index (χ1) is 8.79. The van der Waals surface area contributed by atoms with Crippen LogP contribution in [-0.4, -0.2) is 19.5 Å². The van der Waals surface area contributed by atoms with Gasteiger partial charge in [-0.15, -0.1) is 0 Å². The fourth-order valence-electron chi connectivity index (χ4n) is 2.17. The van der Waals surface area contributed by atoms with Crippen molar-refractivity contribution in [2.75, 3.05) is 13.2 Å². The molecule has 18 heavy (non-hydrogen) atoms. The smallest absolute Gasteiger partial charge is 0.157 e. The van der Waals surface area contributed by atoms with Gasteiger partial charge < -0.3 is 9.47 Å². The molecule has 0 bridgehead atoms. The number of hydrogen-bond acceptors (Lipinski definition) is 2. The molecule has 0 spiro atoms. The third kappa shape index (κ3) is 4.08. The summed E-state index contributed by atoms with van der Waals surface area (Å²) >= 11 is 3.49. The number of halogens is 1. The molecule has 1 fully saturated rings. The highest BCUT2D eigenvalue weighted by Crippen LogP contribution is 2.21. The van der Waals surface area contributed by atoms with Gasteiger partial charge in [-0.25, -0.2) is 0 Å². The molecule has 1 aliphatic rings. The van der Waals surface area contributed by atoms with Crippen LogP contribution in [0.5, 0.6) is 0 Å². The molecule has 1 heterocycles. The summed E-state index contributed by atoms with van der Waals surface area (Å²) in [5, 5.41) is 0.903. The van der Waals surface area contributed by atoms with E-state index >= 15 is 0 Å². The average Bonchev–Trinajstić information content (AvgIpc) is 2.46. The summed E-state index contributed by atoms with van der Waals surface area (Å²) in [6.07, 6.45) is 3.44. The van der Waals surface area contributed by atoms with Crippen LogP contribution < -0.4 is 0 Å². The van der Waals surface area contributed by atoms with Crippen molar-refractivity contribution in [1.29, 1.82) is 0 Å². The number of hydrogen-bond donors (Lipinski definition) is 0. The molecule has 2 rings (SSSR count). The van der Waals surface area contributed by atoms with Crippen LogP contribution in [0.15, 0.2) is 24.3 Å². The van der Waals surface area contributed by atoms with Gasteiger partial charge in [0.15, 0.2) is 6.29 Å². The maximum atomic E-state index is 5.84. The summed E-state index contributed by atoms with van der Waals surface area (Å²) in [5.41, 5.74) is 2.65. The van der Waals surface area contributed by atoms with Crippen molar-refractivity contribution in [1.82, 2.24) is 0 Å². The Hall–Kier alpha value is -0.380. The highest BCUT2D eigenvalue weighted by molar-refractivity contribution is 9.08. The second-order valence-electron chi connectivity index (χ2n) is 4.91. The molecular weight excluding hydrogens is 292 g/mol. The number of alkyl halides is 1. The second-order valence-corrected chi connectivity index (χ2v) is 5.47. The van der Waals surface area contributed by atoms with Crippen molar-refractivity contribution in [3.8, 4) is 0 Å². The van der Waals surface area contributed by atoms with Crippen LogP contribution in [-0.2, 0) is 14.8 Å². The lowest BCUT2D eigenvalue weighted by molar-refractivity contribution is -0.164. The summed E-state index contributed by atoms with van der Waals surface area (Å²) in [4.78, 5) is 0. The predicted octanol–water partition coefficient (Wildman–Crippen LogP) is 4.23. The van der Waals surface area contributed by atoms with E-state index in [9.17, 15) is 0 Å². The summed E-state index contributed by atoms with van der Waals surface area (Å²) in [7, 11) is 0. The monoisotopic (exact) mass is 312 g/mol. The van der Waals surface area contributed by atoms with Crippen LogP contribution in [0.1, 0.15) is 43.2 Å². The van der Waals surface area contributed by atoms with E-state index in [0.717, 1.165) is 25.0 Å². The normalized spacial score (nSPS) is 21.8. The minimum absolute atomic E-state index is 0.0144. The quantitative estimate of drug-likeness (QED) is 0.758. The third-order valence-electron chi connectivity index (χ3n) is 3.34. The molecule has 0 radical (unpaired) electrons. The van der Waals surface area contributed by atoms with Crippen LogP contribution in [0.25, 0.3) is 0 Å². The Morgan fingerprint density at radius 3 is 3.06 bits per heavy atom. The Balaban J connectivity index is 1.84. The van der Waals surface area contributed by atoms with Crippen LogP contribution in [0.3, 0.4) is 0 Å². The van der Waals surface area contributed by atoms with Crippen LogP contribution in [0.4, 0.5) is 0 Å². The molecule has 1 aromatic carbocycles. The lowest BCUT2D eigenvalue weighted by atomic mass is 10.0. The highest BCUT2D eigenvalue weighted by atomic mass is 79.9. The van der Waals surface area contributed by atoms with Crippen LogP contribution in [0, 0.1) is 0 Å². The van der Waals surface area contributed by atoms with Gasteiger partial charge in [0.05, 0.1) is 6.61 Å². The van der Waals surface area contributed by atoms with Gasteiger partial charge in [-0.05, 0) is 30.4 Å². The molecule has 0 saturated carbocycles. The molecule has 3 heteroatoms. The molecule has 2 nitrogen and oxygen atoms in total. The fraction of sp³-hybridized carbons (Fsp3) is 0.600. The molecular formula is C15H21BrO2. The second kappa shape index (κ2) is 7.27. The van der Waals surface area contributed by atoms with Crippen molar-refractivity contribution in [3.63, 3.8) is 0 Å². The fourth-order valence-corrected chi connectivity index (χ4v) is 2.52. The molecule has 0 amide bonds. The maximum absolute atomic E-state index is 5.84. The summed E-state index contributed by atoms with van der Waals surface area (Å²) in [6, 6.07) is 8.65. The average molecular weight is 313 g/mol. The minimum Gasteiger partial charge on any atom is -0.353 e. The summed E-state index contributed by atoms with van der Waals surface area (Å²) in [6.45, 7) is 3.78. The Bertz CT molecular complexity index is 361. The third-order valence-corrected chi connectivity index (χ3v) is 3.99. The van der Waals surface area contributed by atoms with E-state index in [1.807, 2.05) is 0 Å². The zero-order chi connectivity index (χ0) is 12.8. The van der Waals surface area contributed by atoms with Crippen molar-refractivity contribution in [2.45, 2.75) is 43.7 Å². The predicted molar refractivity (Wildman–Crippen MR) is 77.0 cm³/mol. The summed E-state index contributed by atoms with van der Waals surface area (Å²) in [5.74, 6) is 0.412. The molecule has 0 N–H and O–H groups in total. The molecule has 2 unspecified atom stereocenters. The first-order valence-electron chi connectivity index (χ1n) is 6.67. The van der Waals surface area contributed by atoms with Crippen LogP contribution >= 0.6 is 15.9 Å². The summed E-state index contributed by atoms with van der Waals surface area (Å²) < 4.78 is 11.4.